The zero-order valence-corrected chi connectivity index (χ0v) is 16.3. The number of amides is 1. The quantitative estimate of drug-likeness (QED) is 0.661. The number of likely N-dealkylation sites (tertiary alicyclic amines) is 1. The Bertz CT molecular complexity index is 950. The van der Waals surface area contributed by atoms with Crippen LogP contribution in [0.15, 0.2) is 53.2 Å². The van der Waals surface area contributed by atoms with Gasteiger partial charge in [-0.25, -0.2) is 4.39 Å². The van der Waals surface area contributed by atoms with Crippen molar-refractivity contribution in [1.82, 2.24) is 20.1 Å². The second-order valence-electron chi connectivity index (χ2n) is 7.43. The summed E-state index contributed by atoms with van der Waals surface area (Å²) in [4.78, 5) is 19.4. The SMILES string of the molecule is Cc1nnc(C2CCN(C(=O)C(Cc3cccnc3)c3ccc(F)cc3)CC2)o1. The molecular weight excluding hydrogens is 371 g/mol. The van der Waals surface area contributed by atoms with Crippen LogP contribution >= 0.6 is 0 Å². The fourth-order valence-corrected chi connectivity index (χ4v) is 3.84. The Hall–Kier alpha value is -3.09. The Kier molecular flexibility index (Phi) is 5.64. The molecule has 150 valence electrons. The van der Waals surface area contributed by atoms with E-state index < -0.39 is 0 Å². The summed E-state index contributed by atoms with van der Waals surface area (Å²) >= 11 is 0. The second-order valence-corrected chi connectivity index (χ2v) is 7.43. The van der Waals surface area contributed by atoms with Crippen molar-refractivity contribution >= 4 is 5.91 Å². The maximum atomic E-state index is 13.4. The Balaban J connectivity index is 1.49. The van der Waals surface area contributed by atoms with E-state index in [1.165, 1.54) is 12.1 Å². The fourth-order valence-electron chi connectivity index (χ4n) is 3.84. The van der Waals surface area contributed by atoms with Crippen molar-refractivity contribution in [2.45, 2.75) is 38.0 Å². The third-order valence-electron chi connectivity index (χ3n) is 5.43. The molecule has 2 aromatic heterocycles. The van der Waals surface area contributed by atoms with E-state index in [1.54, 1.807) is 31.5 Å². The van der Waals surface area contributed by atoms with Crippen LogP contribution in [0.3, 0.4) is 0 Å². The normalized spacial score (nSPS) is 16.0. The van der Waals surface area contributed by atoms with E-state index in [2.05, 4.69) is 15.2 Å². The summed E-state index contributed by atoms with van der Waals surface area (Å²) in [6, 6.07) is 10.0. The first-order chi connectivity index (χ1) is 14.1. The number of pyridine rings is 1. The molecular formula is C22H23FN4O2. The molecule has 29 heavy (non-hydrogen) atoms. The van der Waals surface area contributed by atoms with Crippen molar-refractivity contribution in [2.75, 3.05) is 13.1 Å². The molecule has 0 N–H and O–H groups in total. The zero-order chi connectivity index (χ0) is 20.2. The van der Waals surface area contributed by atoms with Gasteiger partial charge in [0.25, 0.3) is 0 Å². The van der Waals surface area contributed by atoms with E-state index in [0.717, 1.165) is 24.0 Å². The predicted molar refractivity (Wildman–Crippen MR) is 105 cm³/mol. The zero-order valence-electron chi connectivity index (χ0n) is 16.3. The van der Waals surface area contributed by atoms with E-state index in [0.29, 0.717) is 31.3 Å². The summed E-state index contributed by atoms with van der Waals surface area (Å²) in [6.45, 7) is 3.05. The molecule has 4 rings (SSSR count). The summed E-state index contributed by atoms with van der Waals surface area (Å²) in [6.07, 6.45) is 5.59. The summed E-state index contributed by atoms with van der Waals surface area (Å²) in [5.41, 5.74) is 1.79. The van der Waals surface area contributed by atoms with Crippen molar-refractivity contribution in [3.8, 4) is 0 Å². The van der Waals surface area contributed by atoms with Gasteiger partial charge in [-0.15, -0.1) is 10.2 Å². The summed E-state index contributed by atoms with van der Waals surface area (Å²) in [7, 11) is 0. The van der Waals surface area contributed by atoms with Gasteiger partial charge in [0, 0.05) is 38.3 Å². The predicted octanol–water partition coefficient (Wildman–Crippen LogP) is 3.64. The van der Waals surface area contributed by atoms with E-state index in [1.807, 2.05) is 17.0 Å². The highest BCUT2D eigenvalue weighted by molar-refractivity contribution is 5.84. The molecule has 1 aromatic carbocycles. The first-order valence-electron chi connectivity index (χ1n) is 9.83. The standard InChI is InChI=1S/C22H23FN4O2/c1-15-25-26-21(29-15)18-8-11-27(12-9-18)22(28)20(13-16-3-2-10-24-14-16)17-4-6-19(23)7-5-17/h2-7,10,14,18,20H,8-9,11-13H2,1H3. The lowest BCUT2D eigenvalue weighted by Gasteiger charge is -2.33. The number of carbonyl (C=O) groups is 1. The first-order valence-corrected chi connectivity index (χ1v) is 9.83. The number of hydrogen-bond acceptors (Lipinski definition) is 5. The van der Waals surface area contributed by atoms with Crippen molar-refractivity contribution in [3.63, 3.8) is 0 Å². The maximum absolute atomic E-state index is 13.4. The van der Waals surface area contributed by atoms with Gasteiger partial charge in [-0.2, -0.15) is 0 Å². The lowest BCUT2D eigenvalue weighted by molar-refractivity contribution is -0.134. The Morgan fingerprint density at radius 1 is 1.21 bits per heavy atom. The molecule has 3 heterocycles. The number of nitrogens with zero attached hydrogens (tertiary/aromatic N) is 4. The molecule has 1 aliphatic rings. The minimum atomic E-state index is -0.373. The summed E-state index contributed by atoms with van der Waals surface area (Å²) in [5, 5.41) is 8.03. The Labute approximate surface area is 168 Å². The molecule has 0 radical (unpaired) electrons. The molecule has 1 aliphatic heterocycles. The van der Waals surface area contributed by atoms with Crippen molar-refractivity contribution in [2.24, 2.45) is 0 Å². The van der Waals surface area contributed by atoms with Gasteiger partial charge in [-0.3, -0.25) is 9.78 Å². The lowest BCUT2D eigenvalue weighted by Crippen LogP contribution is -2.41. The van der Waals surface area contributed by atoms with Crippen LogP contribution in [-0.4, -0.2) is 39.1 Å². The van der Waals surface area contributed by atoms with Crippen molar-refractivity contribution in [1.29, 1.82) is 0 Å². The molecule has 1 saturated heterocycles. The maximum Gasteiger partial charge on any atom is 0.230 e. The molecule has 3 aromatic rings. The number of benzene rings is 1. The van der Waals surface area contributed by atoms with Gasteiger partial charge < -0.3 is 9.32 Å². The number of halogens is 1. The van der Waals surface area contributed by atoms with E-state index >= 15 is 0 Å². The molecule has 6 nitrogen and oxygen atoms in total. The molecule has 0 saturated carbocycles. The van der Waals surface area contributed by atoms with Crippen LogP contribution in [-0.2, 0) is 11.2 Å². The van der Waals surface area contributed by atoms with E-state index in [4.69, 9.17) is 4.42 Å². The Morgan fingerprint density at radius 3 is 2.59 bits per heavy atom. The third kappa shape index (κ3) is 4.50. The first kappa shape index (κ1) is 19.2. The van der Waals surface area contributed by atoms with Gasteiger partial charge in [-0.05, 0) is 48.6 Å². The molecule has 0 aliphatic carbocycles. The van der Waals surface area contributed by atoms with E-state index in [9.17, 15) is 9.18 Å². The third-order valence-corrected chi connectivity index (χ3v) is 5.43. The van der Waals surface area contributed by atoms with E-state index in [-0.39, 0.29) is 23.6 Å². The highest BCUT2D eigenvalue weighted by Crippen LogP contribution is 2.30. The number of hydrogen-bond donors (Lipinski definition) is 0. The minimum Gasteiger partial charge on any atom is -0.425 e. The van der Waals surface area contributed by atoms with Crippen LogP contribution in [0.5, 0.6) is 0 Å². The van der Waals surface area contributed by atoms with Gasteiger partial charge in [0.2, 0.25) is 17.7 Å². The van der Waals surface area contributed by atoms with Crippen molar-refractivity contribution < 1.29 is 13.6 Å². The van der Waals surface area contributed by atoms with Crippen LogP contribution in [0.2, 0.25) is 0 Å². The van der Waals surface area contributed by atoms with Crippen LogP contribution in [0.4, 0.5) is 4.39 Å². The van der Waals surface area contributed by atoms with Crippen LogP contribution < -0.4 is 0 Å². The van der Waals surface area contributed by atoms with Gasteiger partial charge >= 0.3 is 0 Å². The lowest BCUT2D eigenvalue weighted by atomic mass is 9.89. The minimum absolute atomic E-state index is 0.0561. The highest BCUT2D eigenvalue weighted by atomic mass is 19.1. The molecule has 1 unspecified atom stereocenters. The number of rotatable bonds is 5. The van der Waals surface area contributed by atoms with Crippen LogP contribution in [0.25, 0.3) is 0 Å². The summed E-state index contributed by atoms with van der Waals surface area (Å²) in [5.74, 6) is 0.772. The number of aromatic nitrogens is 3. The molecule has 1 amide bonds. The number of piperidine rings is 1. The smallest absolute Gasteiger partial charge is 0.230 e. The topological polar surface area (TPSA) is 72.1 Å². The monoisotopic (exact) mass is 394 g/mol. The molecule has 0 spiro atoms. The fraction of sp³-hybridized carbons (Fsp3) is 0.364. The second kappa shape index (κ2) is 8.51. The van der Waals surface area contributed by atoms with Crippen LogP contribution in [0, 0.1) is 12.7 Å². The summed E-state index contributed by atoms with van der Waals surface area (Å²) < 4.78 is 19.0. The molecule has 7 heteroatoms. The highest BCUT2D eigenvalue weighted by Gasteiger charge is 2.31. The van der Waals surface area contributed by atoms with Gasteiger partial charge in [0.15, 0.2) is 0 Å². The Morgan fingerprint density at radius 2 is 1.97 bits per heavy atom. The van der Waals surface area contributed by atoms with Crippen molar-refractivity contribution in [3.05, 3.63) is 77.5 Å². The molecule has 1 atom stereocenters. The largest absolute Gasteiger partial charge is 0.425 e. The number of aryl methyl sites for hydroxylation is 1. The molecule has 1 fully saturated rings. The van der Waals surface area contributed by atoms with Crippen LogP contribution in [0.1, 0.15) is 47.6 Å². The van der Waals surface area contributed by atoms with Gasteiger partial charge in [0.1, 0.15) is 5.82 Å². The van der Waals surface area contributed by atoms with Gasteiger partial charge in [-0.1, -0.05) is 18.2 Å². The average Bonchev–Trinajstić information content (AvgIpc) is 3.19. The van der Waals surface area contributed by atoms with Gasteiger partial charge in [0.05, 0.1) is 5.92 Å². The number of carbonyl (C=O) groups excluding carboxylic acids is 1. The molecule has 0 bridgehead atoms. The average molecular weight is 394 g/mol.